The summed E-state index contributed by atoms with van der Waals surface area (Å²) in [6, 6.07) is 8.00. The number of halogens is 1. The molecule has 0 radical (unpaired) electrons. The molecule has 1 aliphatic heterocycles. The first-order valence-electron chi connectivity index (χ1n) is 6.78. The summed E-state index contributed by atoms with van der Waals surface area (Å²) in [7, 11) is 0. The van der Waals surface area contributed by atoms with Crippen LogP contribution in [0.4, 0.5) is 0 Å². The fourth-order valence-electron chi connectivity index (χ4n) is 2.49. The highest BCUT2D eigenvalue weighted by Crippen LogP contribution is 2.17. The van der Waals surface area contributed by atoms with Crippen molar-refractivity contribution in [2.75, 3.05) is 13.1 Å². The van der Waals surface area contributed by atoms with Crippen LogP contribution in [0.3, 0.4) is 0 Å². The van der Waals surface area contributed by atoms with Gasteiger partial charge in [-0.15, -0.1) is 0 Å². The second-order valence-electron chi connectivity index (χ2n) is 5.10. The molecular weight excluding hydrogens is 365 g/mol. The molecule has 1 aromatic carbocycles. The average Bonchev–Trinajstić information content (AvgIpc) is 2.49. The Bertz CT molecular complexity index is 623. The van der Waals surface area contributed by atoms with E-state index in [9.17, 15) is 4.79 Å². The predicted molar refractivity (Wildman–Crippen MR) is 87.8 cm³/mol. The van der Waals surface area contributed by atoms with Gasteiger partial charge in [0.1, 0.15) is 0 Å². The molecule has 104 valence electrons. The fraction of sp³-hybridized carbons (Fsp3) is 0.333. The molecule has 1 N–H and O–H groups in total. The van der Waals surface area contributed by atoms with E-state index in [1.165, 1.54) is 0 Å². The number of nitrogens with zero attached hydrogens (tertiary/aromatic N) is 2. The summed E-state index contributed by atoms with van der Waals surface area (Å²) in [4.78, 5) is 16.4. The van der Waals surface area contributed by atoms with Crippen LogP contribution in [0.1, 0.15) is 23.2 Å². The van der Waals surface area contributed by atoms with Gasteiger partial charge in [-0.05, 0) is 36.4 Å². The zero-order valence-corrected chi connectivity index (χ0v) is 13.2. The van der Waals surface area contributed by atoms with Gasteiger partial charge in [-0.3, -0.25) is 9.78 Å². The first-order valence-corrected chi connectivity index (χ1v) is 7.74. The van der Waals surface area contributed by atoms with Gasteiger partial charge >= 0.3 is 0 Å². The van der Waals surface area contributed by atoms with Crippen LogP contribution in [0, 0.1) is 0 Å². The maximum atomic E-state index is 12.3. The Morgan fingerprint density at radius 3 is 2.85 bits per heavy atom. The van der Waals surface area contributed by atoms with Gasteiger partial charge in [0, 0.05) is 65.3 Å². The minimum atomic E-state index is 0.0164. The molecule has 1 aromatic heterocycles. The molecule has 3 rings (SSSR count). The molecule has 0 atom stereocenters. The number of pyridine rings is 1. The van der Waals surface area contributed by atoms with Gasteiger partial charge in [0.25, 0.3) is 5.91 Å². The SMILES string of the molecule is O=C(NC1CCN(I)CC1)c1ccc2ccncc2c1. The molecule has 2 heterocycles. The Morgan fingerprint density at radius 1 is 1.25 bits per heavy atom. The number of nitrogens with one attached hydrogen (secondary N) is 1. The van der Waals surface area contributed by atoms with Crippen molar-refractivity contribution in [3.63, 3.8) is 0 Å². The first kappa shape index (κ1) is 13.8. The summed E-state index contributed by atoms with van der Waals surface area (Å²) in [6.07, 6.45) is 5.59. The number of hydrogen-bond donors (Lipinski definition) is 1. The van der Waals surface area contributed by atoms with Gasteiger partial charge in [-0.2, -0.15) is 0 Å². The van der Waals surface area contributed by atoms with Gasteiger partial charge in [0.15, 0.2) is 0 Å². The molecule has 1 aliphatic rings. The van der Waals surface area contributed by atoms with E-state index in [-0.39, 0.29) is 11.9 Å². The van der Waals surface area contributed by atoms with Crippen molar-refractivity contribution >= 4 is 39.5 Å². The van der Waals surface area contributed by atoms with Crippen LogP contribution in [0.25, 0.3) is 10.8 Å². The molecular formula is C15H16IN3O. The van der Waals surface area contributed by atoms with Gasteiger partial charge < -0.3 is 5.32 Å². The van der Waals surface area contributed by atoms with Gasteiger partial charge in [-0.25, -0.2) is 3.11 Å². The van der Waals surface area contributed by atoms with Crippen LogP contribution in [-0.2, 0) is 0 Å². The van der Waals surface area contributed by atoms with Crippen LogP contribution in [0.15, 0.2) is 36.7 Å². The van der Waals surface area contributed by atoms with Crippen molar-refractivity contribution in [2.45, 2.75) is 18.9 Å². The summed E-state index contributed by atoms with van der Waals surface area (Å²) < 4.78 is 2.27. The number of hydrogen-bond acceptors (Lipinski definition) is 3. The average molecular weight is 381 g/mol. The van der Waals surface area contributed by atoms with Crippen LogP contribution >= 0.6 is 22.9 Å². The molecule has 0 unspecified atom stereocenters. The fourth-order valence-corrected chi connectivity index (χ4v) is 3.04. The molecule has 0 saturated carbocycles. The molecule has 1 amide bonds. The normalized spacial score (nSPS) is 17.2. The number of piperidine rings is 1. The third kappa shape index (κ3) is 3.09. The summed E-state index contributed by atoms with van der Waals surface area (Å²) in [5.74, 6) is 0.0164. The van der Waals surface area contributed by atoms with Crippen molar-refractivity contribution in [2.24, 2.45) is 0 Å². The van der Waals surface area contributed by atoms with E-state index < -0.39 is 0 Å². The Morgan fingerprint density at radius 2 is 2.05 bits per heavy atom. The number of benzene rings is 1. The van der Waals surface area contributed by atoms with E-state index in [4.69, 9.17) is 0 Å². The monoisotopic (exact) mass is 381 g/mol. The van der Waals surface area contributed by atoms with Crippen molar-refractivity contribution in [3.8, 4) is 0 Å². The van der Waals surface area contributed by atoms with Crippen LogP contribution in [0.5, 0.6) is 0 Å². The Hall–Kier alpha value is -1.21. The third-order valence-corrected chi connectivity index (χ3v) is 4.64. The topological polar surface area (TPSA) is 45.2 Å². The van der Waals surface area contributed by atoms with E-state index in [1.54, 1.807) is 12.4 Å². The summed E-state index contributed by atoms with van der Waals surface area (Å²) in [5.41, 5.74) is 0.711. The number of amides is 1. The lowest BCUT2D eigenvalue weighted by Crippen LogP contribution is -2.41. The molecule has 0 spiro atoms. The summed E-state index contributed by atoms with van der Waals surface area (Å²) in [5, 5.41) is 5.24. The lowest BCUT2D eigenvalue weighted by molar-refractivity contribution is 0.0926. The van der Waals surface area contributed by atoms with Crippen LogP contribution in [-0.4, -0.2) is 33.1 Å². The molecule has 5 heteroatoms. The number of fused-ring (bicyclic) bond motifs is 1. The van der Waals surface area contributed by atoms with Crippen LogP contribution < -0.4 is 5.32 Å². The van der Waals surface area contributed by atoms with Crippen molar-refractivity contribution in [3.05, 3.63) is 42.2 Å². The first-order chi connectivity index (χ1) is 9.72. The van der Waals surface area contributed by atoms with E-state index >= 15 is 0 Å². The molecule has 0 aliphatic carbocycles. The van der Waals surface area contributed by atoms with Crippen molar-refractivity contribution in [1.82, 2.24) is 13.4 Å². The number of carbonyl (C=O) groups excluding carboxylic acids is 1. The zero-order valence-electron chi connectivity index (χ0n) is 11.1. The zero-order chi connectivity index (χ0) is 13.9. The predicted octanol–water partition coefficient (Wildman–Crippen LogP) is 2.78. The van der Waals surface area contributed by atoms with E-state index in [0.717, 1.165) is 36.7 Å². The minimum absolute atomic E-state index is 0.0164. The third-order valence-electron chi connectivity index (χ3n) is 3.68. The smallest absolute Gasteiger partial charge is 0.251 e. The standard InChI is InChI=1S/C15H16IN3O/c16-19-7-4-14(5-8-19)18-15(20)12-2-1-11-3-6-17-10-13(11)9-12/h1-3,6,9-10,14H,4-5,7-8H2,(H,18,20). The van der Waals surface area contributed by atoms with Crippen LogP contribution in [0.2, 0.25) is 0 Å². The largest absolute Gasteiger partial charge is 0.349 e. The number of carbonyl (C=O) groups is 1. The lowest BCUT2D eigenvalue weighted by Gasteiger charge is -2.28. The number of aromatic nitrogens is 1. The molecule has 1 saturated heterocycles. The van der Waals surface area contributed by atoms with Gasteiger partial charge in [-0.1, -0.05) is 6.07 Å². The van der Waals surface area contributed by atoms with E-state index in [1.807, 2.05) is 24.3 Å². The molecule has 20 heavy (non-hydrogen) atoms. The van der Waals surface area contributed by atoms with E-state index in [2.05, 4.69) is 36.3 Å². The van der Waals surface area contributed by atoms with Gasteiger partial charge in [0.2, 0.25) is 0 Å². The highest BCUT2D eigenvalue weighted by atomic mass is 127. The molecule has 2 aromatic rings. The highest BCUT2D eigenvalue weighted by Gasteiger charge is 2.19. The van der Waals surface area contributed by atoms with E-state index in [0.29, 0.717) is 5.56 Å². The number of rotatable bonds is 2. The Kier molecular flexibility index (Phi) is 4.16. The van der Waals surface area contributed by atoms with Crippen molar-refractivity contribution in [1.29, 1.82) is 0 Å². The highest BCUT2D eigenvalue weighted by molar-refractivity contribution is 14.1. The molecule has 0 bridgehead atoms. The molecule has 1 fully saturated rings. The lowest BCUT2D eigenvalue weighted by atomic mass is 10.0. The van der Waals surface area contributed by atoms with Gasteiger partial charge in [0.05, 0.1) is 0 Å². The quantitative estimate of drug-likeness (QED) is 0.643. The Balaban J connectivity index is 1.72. The minimum Gasteiger partial charge on any atom is -0.349 e. The second kappa shape index (κ2) is 6.05. The summed E-state index contributed by atoms with van der Waals surface area (Å²) in [6.45, 7) is 2.07. The Labute approximate surface area is 132 Å². The maximum absolute atomic E-state index is 12.3. The summed E-state index contributed by atoms with van der Waals surface area (Å²) >= 11 is 2.34. The maximum Gasteiger partial charge on any atom is 0.251 e. The second-order valence-corrected chi connectivity index (χ2v) is 6.46. The van der Waals surface area contributed by atoms with Crippen molar-refractivity contribution < 1.29 is 4.79 Å². The molecule has 4 nitrogen and oxygen atoms in total.